The van der Waals surface area contributed by atoms with Crippen molar-refractivity contribution >= 4 is 0 Å². The largest absolute Gasteiger partial charge is 0.508 e. The van der Waals surface area contributed by atoms with E-state index in [1.54, 1.807) is 12.1 Å². The Kier molecular flexibility index (Phi) is 1.77. The van der Waals surface area contributed by atoms with Gasteiger partial charge >= 0.3 is 0 Å². The summed E-state index contributed by atoms with van der Waals surface area (Å²) in [6.07, 6.45) is 1.21. The molecule has 1 aliphatic rings. The van der Waals surface area contributed by atoms with Crippen LogP contribution in [0.3, 0.4) is 0 Å². The van der Waals surface area contributed by atoms with Gasteiger partial charge in [-0.05, 0) is 42.5 Å². The van der Waals surface area contributed by atoms with Gasteiger partial charge < -0.3 is 10.8 Å². The summed E-state index contributed by atoms with van der Waals surface area (Å²) in [6, 6.07) is 7.44. The normalized spacial score (nSPS) is 27.1. The summed E-state index contributed by atoms with van der Waals surface area (Å²) in [4.78, 5) is 0. The van der Waals surface area contributed by atoms with E-state index in [0.29, 0.717) is 17.6 Å². The van der Waals surface area contributed by atoms with Crippen LogP contribution in [0.5, 0.6) is 5.75 Å². The van der Waals surface area contributed by atoms with Crippen LogP contribution in [-0.2, 0) is 0 Å². The summed E-state index contributed by atoms with van der Waals surface area (Å²) in [5.41, 5.74) is 6.85. The summed E-state index contributed by atoms with van der Waals surface area (Å²) in [6.45, 7) is 0.783. The number of aromatic hydroxyl groups is 1. The summed E-state index contributed by atoms with van der Waals surface area (Å²) in [5.74, 6) is 1.66. The number of phenols is 1. The number of rotatable bonds is 2. The lowest BCUT2D eigenvalue weighted by molar-refractivity contribution is 0.475. The Morgan fingerprint density at radius 1 is 1.33 bits per heavy atom. The van der Waals surface area contributed by atoms with Crippen LogP contribution < -0.4 is 5.73 Å². The number of hydrogen-bond acceptors (Lipinski definition) is 2. The zero-order chi connectivity index (χ0) is 8.55. The van der Waals surface area contributed by atoms with Gasteiger partial charge in [-0.15, -0.1) is 0 Å². The predicted molar refractivity (Wildman–Crippen MR) is 48.0 cm³/mol. The molecule has 0 spiro atoms. The first-order chi connectivity index (χ1) is 5.81. The van der Waals surface area contributed by atoms with Crippen LogP contribution in [0, 0.1) is 5.92 Å². The molecule has 1 fully saturated rings. The molecular formula is C10H13NO. The van der Waals surface area contributed by atoms with Crippen LogP contribution in [0.25, 0.3) is 0 Å². The van der Waals surface area contributed by atoms with Crippen LogP contribution in [-0.4, -0.2) is 11.7 Å². The van der Waals surface area contributed by atoms with E-state index < -0.39 is 0 Å². The van der Waals surface area contributed by atoms with Crippen molar-refractivity contribution in [1.29, 1.82) is 0 Å². The molecule has 3 N–H and O–H groups in total. The second-order valence-corrected chi connectivity index (χ2v) is 3.43. The molecule has 2 nitrogen and oxygen atoms in total. The molecule has 2 heteroatoms. The summed E-state index contributed by atoms with van der Waals surface area (Å²) < 4.78 is 0. The quantitative estimate of drug-likeness (QED) is 0.693. The maximum absolute atomic E-state index is 9.06. The molecule has 0 amide bonds. The molecule has 1 unspecified atom stereocenters. The van der Waals surface area contributed by atoms with Gasteiger partial charge in [0.1, 0.15) is 5.75 Å². The average molecular weight is 163 g/mol. The van der Waals surface area contributed by atoms with Crippen molar-refractivity contribution in [2.24, 2.45) is 11.7 Å². The number of phenolic OH excluding ortho intramolecular Hbond substituents is 1. The van der Waals surface area contributed by atoms with E-state index >= 15 is 0 Å². The minimum absolute atomic E-state index is 0.337. The predicted octanol–water partition coefficient (Wildman–Crippen LogP) is 1.45. The third-order valence-corrected chi connectivity index (χ3v) is 2.55. The molecule has 0 aromatic heterocycles. The molecule has 0 heterocycles. The second-order valence-electron chi connectivity index (χ2n) is 3.43. The van der Waals surface area contributed by atoms with Gasteiger partial charge in [0, 0.05) is 0 Å². The van der Waals surface area contributed by atoms with Crippen LogP contribution >= 0.6 is 0 Å². The fraction of sp³-hybridized carbons (Fsp3) is 0.400. The van der Waals surface area contributed by atoms with Gasteiger partial charge in [0.2, 0.25) is 0 Å². The second kappa shape index (κ2) is 2.79. The number of benzene rings is 1. The highest BCUT2D eigenvalue weighted by molar-refractivity contribution is 5.31. The summed E-state index contributed by atoms with van der Waals surface area (Å²) in [7, 11) is 0. The van der Waals surface area contributed by atoms with Gasteiger partial charge in [-0.3, -0.25) is 0 Å². The monoisotopic (exact) mass is 163 g/mol. The smallest absolute Gasteiger partial charge is 0.115 e. The van der Waals surface area contributed by atoms with E-state index in [4.69, 9.17) is 10.8 Å². The van der Waals surface area contributed by atoms with Crippen molar-refractivity contribution in [1.82, 2.24) is 0 Å². The van der Waals surface area contributed by atoms with Crippen molar-refractivity contribution in [2.45, 2.75) is 12.3 Å². The van der Waals surface area contributed by atoms with Gasteiger partial charge in [0.05, 0.1) is 0 Å². The third kappa shape index (κ3) is 1.30. The maximum Gasteiger partial charge on any atom is 0.115 e. The van der Waals surface area contributed by atoms with Crippen molar-refractivity contribution in [2.75, 3.05) is 6.54 Å². The third-order valence-electron chi connectivity index (χ3n) is 2.55. The SMILES string of the molecule is NC[C@@H]1CC1c1ccc(O)cc1. The Bertz CT molecular complexity index is 268. The van der Waals surface area contributed by atoms with E-state index in [-0.39, 0.29) is 0 Å². The molecule has 0 radical (unpaired) electrons. The van der Waals surface area contributed by atoms with Gasteiger partial charge in [0.25, 0.3) is 0 Å². The Labute approximate surface area is 72.0 Å². The standard InChI is InChI=1S/C10H13NO/c11-6-8-5-10(8)7-1-3-9(12)4-2-7/h1-4,8,10,12H,5-6,11H2/t8-,10?/m0/s1. The molecule has 2 atom stereocenters. The van der Waals surface area contributed by atoms with Gasteiger partial charge in [-0.1, -0.05) is 12.1 Å². The van der Waals surface area contributed by atoms with E-state index in [2.05, 4.69) is 0 Å². The lowest BCUT2D eigenvalue weighted by Gasteiger charge is -1.98. The first-order valence-electron chi connectivity index (χ1n) is 4.30. The van der Waals surface area contributed by atoms with E-state index in [1.807, 2.05) is 12.1 Å². The first kappa shape index (κ1) is 7.62. The fourth-order valence-corrected chi connectivity index (χ4v) is 1.64. The van der Waals surface area contributed by atoms with Gasteiger partial charge in [0.15, 0.2) is 0 Å². The molecule has 2 rings (SSSR count). The van der Waals surface area contributed by atoms with Crippen molar-refractivity contribution < 1.29 is 5.11 Å². The molecule has 1 saturated carbocycles. The lowest BCUT2D eigenvalue weighted by Crippen LogP contribution is -2.01. The van der Waals surface area contributed by atoms with Crippen molar-refractivity contribution in [3.05, 3.63) is 29.8 Å². The highest BCUT2D eigenvalue weighted by Gasteiger charge is 2.36. The van der Waals surface area contributed by atoms with Gasteiger partial charge in [-0.2, -0.15) is 0 Å². The van der Waals surface area contributed by atoms with Gasteiger partial charge in [-0.25, -0.2) is 0 Å². The van der Waals surface area contributed by atoms with Crippen LogP contribution in [0.1, 0.15) is 17.9 Å². The van der Waals surface area contributed by atoms with Crippen LogP contribution in [0.15, 0.2) is 24.3 Å². The molecule has 0 bridgehead atoms. The average Bonchev–Trinajstić information content (AvgIpc) is 2.85. The molecule has 0 aliphatic heterocycles. The van der Waals surface area contributed by atoms with Crippen LogP contribution in [0.4, 0.5) is 0 Å². The number of hydrogen-bond donors (Lipinski definition) is 2. The zero-order valence-corrected chi connectivity index (χ0v) is 6.90. The summed E-state index contributed by atoms with van der Waals surface area (Å²) >= 11 is 0. The van der Waals surface area contributed by atoms with Crippen molar-refractivity contribution in [3.63, 3.8) is 0 Å². The topological polar surface area (TPSA) is 46.2 Å². The Hall–Kier alpha value is -1.02. The minimum atomic E-state index is 0.337. The fourth-order valence-electron chi connectivity index (χ4n) is 1.64. The van der Waals surface area contributed by atoms with Crippen molar-refractivity contribution in [3.8, 4) is 5.75 Å². The first-order valence-corrected chi connectivity index (χ1v) is 4.30. The van der Waals surface area contributed by atoms with Crippen LogP contribution in [0.2, 0.25) is 0 Å². The molecule has 12 heavy (non-hydrogen) atoms. The molecule has 1 aromatic carbocycles. The highest BCUT2D eigenvalue weighted by atomic mass is 16.3. The molecule has 1 aliphatic carbocycles. The maximum atomic E-state index is 9.06. The Balaban J connectivity index is 2.10. The Morgan fingerprint density at radius 3 is 2.50 bits per heavy atom. The lowest BCUT2D eigenvalue weighted by atomic mass is 10.1. The zero-order valence-electron chi connectivity index (χ0n) is 6.90. The summed E-state index contributed by atoms with van der Waals surface area (Å²) in [5, 5.41) is 9.06. The number of nitrogens with two attached hydrogens (primary N) is 1. The van der Waals surface area contributed by atoms with E-state index in [0.717, 1.165) is 6.54 Å². The molecule has 64 valence electrons. The molecule has 1 aromatic rings. The molecule has 0 saturated heterocycles. The molecular weight excluding hydrogens is 150 g/mol. The highest BCUT2D eigenvalue weighted by Crippen LogP contribution is 2.46. The minimum Gasteiger partial charge on any atom is -0.508 e. The van der Waals surface area contributed by atoms with E-state index in [1.165, 1.54) is 12.0 Å². The Morgan fingerprint density at radius 2 is 2.00 bits per heavy atom. The van der Waals surface area contributed by atoms with E-state index in [9.17, 15) is 0 Å².